The third-order valence-corrected chi connectivity index (χ3v) is 4.94. The van der Waals surface area contributed by atoms with E-state index in [1.807, 2.05) is 35.7 Å². The third kappa shape index (κ3) is 2.19. The van der Waals surface area contributed by atoms with Crippen LogP contribution in [0.25, 0.3) is 32.7 Å². The normalized spacial score (nSPS) is 11.0. The van der Waals surface area contributed by atoms with E-state index in [1.165, 1.54) is 0 Å². The number of pyridine rings is 1. The lowest BCUT2D eigenvalue weighted by Gasteiger charge is -2.00. The molecule has 0 amide bonds. The topological polar surface area (TPSA) is 68.0 Å². The van der Waals surface area contributed by atoms with Gasteiger partial charge in [0.1, 0.15) is 5.01 Å². The zero-order valence-electron chi connectivity index (χ0n) is 12.8. The van der Waals surface area contributed by atoms with Crippen molar-refractivity contribution >= 4 is 28.5 Å². The average molecular weight is 335 g/mol. The first kappa shape index (κ1) is 14.6. The van der Waals surface area contributed by atoms with Gasteiger partial charge in [-0.25, -0.2) is 4.98 Å². The molecule has 0 spiro atoms. The first-order valence-electron chi connectivity index (χ1n) is 7.32. The minimum absolute atomic E-state index is 0.0205. The van der Waals surface area contributed by atoms with E-state index in [2.05, 4.69) is 9.97 Å². The Morgan fingerprint density at radius 2 is 1.96 bits per heavy atom. The Hall–Kier alpha value is -2.99. The van der Waals surface area contributed by atoms with Crippen molar-refractivity contribution < 1.29 is 9.90 Å². The molecular formula is C18H13N3O2S. The van der Waals surface area contributed by atoms with E-state index in [0.717, 1.165) is 32.7 Å². The number of aromatic hydroxyl groups is 1. The number of nitrogens with zero attached hydrogens (tertiary/aromatic N) is 3. The lowest BCUT2D eigenvalue weighted by Crippen LogP contribution is -1.86. The highest BCUT2D eigenvalue weighted by atomic mass is 32.1. The van der Waals surface area contributed by atoms with Crippen molar-refractivity contribution in [2.24, 2.45) is 7.05 Å². The number of carbonyl (C=O) groups excluding carboxylic acids is 1. The predicted octanol–water partition coefficient (Wildman–Crippen LogP) is 3.88. The van der Waals surface area contributed by atoms with E-state index < -0.39 is 0 Å². The van der Waals surface area contributed by atoms with Crippen LogP contribution >= 0.6 is 11.3 Å². The Balaban J connectivity index is 1.83. The van der Waals surface area contributed by atoms with Crippen molar-refractivity contribution in [3.8, 4) is 27.7 Å². The molecule has 0 saturated heterocycles. The molecule has 24 heavy (non-hydrogen) atoms. The fraction of sp³-hybridized carbons (Fsp3) is 0.0556. The fourth-order valence-corrected chi connectivity index (χ4v) is 3.60. The second kappa shape index (κ2) is 5.58. The maximum absolute atomic E-state index is 11.3. The van der Waals surface area contributed by atoms with Gasteiger partial charge in [-0.2, -0.15) is 0 Å². The fourth-order valence-electron chi connectivity index (χ4n) is 2.77. The molecule has 0 aliphatic rings. The molecule has 0 radical (unpaired) electrons. The summed E-state index contributed by atoms with van der Waals surface area (Å²) in [5, 5.41) is 13.7. The predicted molar refractivity (Wildman–Crippen MR) is 94.3 cm³/mol. The van der Waals surface area contributed by atoms with E-state index in [9.17, 15) is 9.90 Å². The van der Waals surface area contributed by atoms with Gasteiger partial charge in [0.15, 0.2) is 6.29 Å². The number of hydrogen-bond acceptors (Lipinski definition) is 5. The van der Waals surface area contributed by atoms with Crippen molar-refractivity contribution in [3.05, 3.63) is 53.7 Å². The van der Waals surface area contributed by atoms with Crippen molar-refractivity contribution in [2.45, 2.75) is 0 Å². The number of aryl methyl sites for hydroxylation is 1. The molecule has 0 saturated carbocycles. The molecule has 4 aromatic rings. The zero-order valence-corrected chi connectivity index (χ0v) is 13.6. The van der Waals surface area contributed by atoms with Gasteiger partial charge in [-0.3, -0.25) is 9.78 Å². The standard InChI is InChI=1S/C18H13N3O2S/c1-21-16-3-2-12(8-13(16)14(9-22)18(21)23)15-10-24-17(20-15)11-4-6-19-7-5-11/h2-10,23H,1H3. The van der Waals surface area contributed by atoms with Crippen molar-refractivity contribution in [2.75, 3.05) is 0 Å². The summed E-state index contributed by atoms with van der Waals surface area (Å²) in [4.78, 5) is 20.0. The van der Waals surface area contributed by atoms with Crippen LogP contribution in [0.5, 0.6) is 5.88 Å². The number of hydrogen-bond donors (Lipinski definition) is 1. The van der Waals surface area contributed by atoms with Crippen LogP contribution in [-0.2, 0) is 7.05 Å². The molecule has 3 heterocycles. The maximum atomic E-state index is 11.3. The van der Waals surface area contributed by atoms with Crippen molar-refractivity contribution in [1.82, 2.24) is 14.5 Å². The summed E-state index contributed by atoms with van der Waals surface area (Å²) < 4.78 is 1.60. The SMILES string of the molecule is Cn1c(O)c(C=O)c2cc(-c3csc(-c4ccncc4)n3)ccc21. The number of aldehydes is 1. The van der Waals surface area contributed by atoms with E-state index in [-0.39, 0.29) is 5.88 Å². The molecule has 0 atom stereocenters. The largest absolute Gasteiger partial charge is 0.494 e. The second-order valence-electron chi connectivity index (χ2n) is 5.42. The van der Waals surface area contributed by atoms with Gasteiger partial charge in [0, 0.05) is 41.3 Å². The number of aromatic nitrogens is 3. The first-order valence-corrected chi connectivity index (χ1v) is 8.20. The molecule has 6 heteroatoms. The number of rotatable bonds is 3. The van der Waals surface area contributed by atoms with Gasteiger partial charge in [-0.05, 0) is 24.3 Å². The summed E-state index contributed by atoms with van der Waals surface area (Å²) in [6.45, 7) is 0. The molecule has 0 fully saturated rings. The summed E-state index contributed by atoms with van der Waals surface area (Å²) in [7, 11) is 1.73. The highest BCUT2D eigenvalue weighted by molar-refractivity contribution is 7.13. The summed E-state index contributed by atoms with van der Waals surface area (Å²) in [5.41, 5.74) is 3.89. The van der Waals surface area contributed by atoms with Crippen LogP contribution in [0.3, 0.4) is 0 Å². The Kier molecular flexibility index (Phi) is 3.39. The minimum atomic E-state index is -0.0205. The average Bonchev–Trinajstić information content (AvgIpc) is 3.20. The molecule has 1 aromatic carbocycles. The summed E-state index contributed by atoms with van der Waals surface area (Å²) >= 11 is 1.56. The van der Waals surface area contributed by atoms with Gasteiger partial charge < -0.3 is 9.67 Å². The monoisotopic (exact) mass is 335 g/mol. The smallest absolute Gasteiger partial charge is 0.202 e. The van der Waals surface area contributed by atoms with Gasteiger partial charge in [0.25, 0.3) is 0 Å². The highest BCUT2D eigenvalue weighted by Crippen LogP contribution is 2.34. The summed E-state index contributed by atoms with van der Waals surface area (Å²) in [6.07, 6.45) is 4.17. The van der Waals surface area contributed by atoms with Crippen LogP contribution in [-0.4, -0.2) is 25.9 Å². The highest BCUT2D eigenvalue weighted by Gasteiger charge is 2.15. The van der Waals surface area contributed by atoms with Crippen LogP contribution in [0, 0.1) is 0 Å². The molecule has 118 valence electrons. The van der Waals surface area contributed by atoms with Gasteiger partial charge in [-0.1, -0.05) is 6.07 Å². The maximum Gasteiger partial charge on any atom is 0.202 e. The van der Waals surface area contributed by atoms with Crippen LogP contribution in [0.4, 0.5) is 0 Å². The molecule has 0 unspecified atom stereocenters. The van der Waals surface area contributed by atoms with Crippen molar-refractivity contribution in [1.29, 1.82) is 0 Å². The van der Waals surface area contributed by atoms with Crippen LogP contribution in [0.2, 0.25) is 0 Å². The zero-order chi connectivity index (χ0) is 16.7. The molecule has 0 aliphatic heterocycles. The van der Waals surface area contributed by atoms with E-state index in [0.29, 0.717) is 11.8 Å². The van der Waals surface area contributed by atoms with E-state index in [1.54, 1.807) is 35.3 Å². The van der Waals surface area contributed by atoms with Crippen LogP contribution in [0.1, 0.15) is 10.4 Å². The minimum Gasteiger partial charge on any atom is -0.494 e. The molecule has 0 aliphatic carbocycles. The third-order valence-electron chi connectivity index (χ3n) is 4.05. The number of thiazole rings is 1. The van der Waals surface area contributed by atoms with Gasteiger partial charge in [-0.15, -0.1) is 11.3 Å². The molecule has 5 nitrogen and oxygen atoms in total. The summed E-state index contributed by atoms with van der Waals surface area (Å²) in [6, 6.07) is 9.58. The van der Waals surface area contributed by atoms with Gasteiger partial charge >= 0.3 is 0 Å². The Morgan fingerprint density at radius 3 is 2.71 bits per heavy atom. The lowest BCUT2D eigenvalue weighted by molar-refractivity contribution is 0.112. The quantitative estimate of drug-likeness (QED) is 0.577. The summed E-state index contributed by atoms with van der Waals surface area (Å²) in [5.74, 6) is -0.0205. The first-order chi connectivity index (χ1) is 11.7. The van der Waals surface area contributed by atoms with E-state index in [4.69, 9.17) is 0 Å². The van der Waals surface area contributed by atoms with Crippen LogP contribution < -0.4 is 0 Å². The van der Waals surface area contributed by atoms with Gasteiger partial charge in [0.2, 0.25) is 5.88 Å². The number of carbonyl (C=O) groups is 1. The number of benzene rings is 1. The molecule has 0 bridgehead atoms. The van der Waals surface area contributed by atoms with Crippen molar-refractivity contribution in [3.63, 3.8) is 0 Å². The molecular weight excluding hydrogens is 322 g/mol. The Morgan fingerprint density at radius 1 is 1.17 bits per heavy atom. The number of fused-ring (bicyclic) bond motifs is 1. The molecule has 3 aromatic heterocycles. The van der Waals surface area contributed by atoms with E-state index >= 15 is 0 Å². The Bertz CT molecular complexity index is 1050. The second-order valence-corrected chi connectivity index (χ2v) is 6.28. The van der Waals surface area contributed by atoms with Gasteiger partial charge in [0.05, 0.1) is 16.8 Å². The molecule has 4 rings (SSSR count). The van der Waals surface area contributed by atoms with Crippen LogP contribution in [0.15, 0.2) is 48.1 Å². The lowest BCUT2D eigenvalue weighted by atomic mass is 10.1. The molecule has 1 N–H and O–H groups in total. The Labute approximate surface area is 141 Å².